The van der Waals surface area contributed by atoms with Crippen molar-refractivity contribution < 1.29 is 19.1 Å². The molecular weight excluding hydrogens is 370 g/mol. The van der Waals surface area contributed by atoms with Gasteiger partial charge in [0, 0.05) is 30.9 Å². The van der Waals surface area contributed by atoms with Crippen LogP contribution in [0.4, 0.5) is 11.4 Å². The fourth-order valence-electron chi connectivity index (χ4n) is 4.34. The van der Waals surface area contributed by atoms with Crippen molar-refractivity contribution in [2.75, 3.05) is 37.0 Å². The number of ether oxygens (including phenoxy) is 2. The second-order valence-corrected chi connectivity index (χ2v) is 7.63. The van der Waals surface area contributed by atoms with Crippen LogP contribution in [-0.4, -0.2) is 49.7 Å². The highest BCUT2D eigenvalue weighted by Gasteiger charge is 2.37. The summed E-state index contributed by atoms with van der Waals surface area (Å²) in [4.78, 5) is 29.8. The maximum Gasteiger partial charge on any atom is 0.257 e. The van der Waals surface area contributed by atoms with Crippen LogP contribution in [0, 0.1) is 0 Å². The predicted molar refractivity (Wildman–Crippen MR) is 109 cm³/mol. The normalized spacial score (nSPS) is 20.0. The molecular formula is C22H23N3O4. The molecule has 7 heteroatoms. The van der Waals surface area contributed by atoms with E-state index in [1.165, 1.54) is 0 Å². The lowest BCUT2D eigenvalue weighted by Crippen LogP contribution is -2.55. The first-order chi connectivity index (χ1) is 14.1. The summed E-state index contributed by atoms with van der Waals surface area (Å²) in [6.07, 6.45) is 3.18. The molecule has 0 unspecified atom stereocenters. The van der Waals surface area contributed by atoms with Crippen LogP contribution < -0.4 is 19.7 Å². The Hall–Kier alpha value is -3.22. The molecule has 150 valence electrons. The first-order valence-electron chi connectivity index (χ1n) is 10.0. The van der Waals surface area contributed by atoms with Crippen LogP contribution >= 0.6 is 0 Å². The first-order valence-corrected chi connectivity index (χ1v) is 10.0. The molecule has 0 saturated carbocycles. The molecule has 1 fully saturated rings. The van der Waals surface area contributed by atoms with Crippen LogP contribution in [0.2, 0.25) is 0 Å². The van der Waals surface area contributed by atoms with Gasteiger partial charge in [-0.25, -0.2) is 0 Å². The number of anilines is 2. The van der Waals surface area contributed by atoms with Gasteiger partial charge in [0.25, 0.3) is 11.8 Å². The number of hydrogen-bond acceptors (Lipinski definition) is 5. The smallest absolute Gasteiger partial charge is 0.257 e. The van der Waals surface area contributed by atoms with Crippen molar-refractivity contribution >= 4 is 23.2 Å². The molecule has 0 radical (unpaired) electrons. The van der Waals surface area contributed by atoms with Gasteiger partial charge in [0.15, 0.2) is 11.5 Å². The minimum absolute atomic E-state index is 0.0570. The van der Waals surface area contributed by atoms with Gasteiger partial charge < -0.3 is 24.6 Å². The van der Waals surface area contributed by atoms with E-state index in [4.69, 9.17) is 9.47 Å². The summed E-state index contributed by atoms with van der Waals surface area (Å²) in [5.74, 6) is 1.14. The summed E-state index contributed by atoms with van der Waals surface area (Å²) in [7, 11) is 2.00. The van der Waals surface area contributed by atoms with Crippen molar-refractivity contribution in [3.8, 4) is 11.5 Å². The number of nitrogens with zero attached hydrogens (tertiary/aromatic N) is 2. The highest BCUT2D eigenvalue weighted by Crippen LogP contribution is 2.35. The molecule has 3 aliphatic rings. The lowest BCUT2D eigenvalue weighted by molar-refractivity contribution is 0.0589. The third-order valence-electron chi connectivity index (χ3n) is 5.85. The van der Waals surface area contributed by atoms with Crippen molar-refractivity contribution in [3.05, 3.63) is 47.5 Å². The Morgan fingerprint density at radius 2 is 1.90 bits per heavy atom. The van der Waals surface area contributed by atoms with Gasteiger partial charge in [-0.15, -0.1) is 0 Å². The van der Waals surface area contributed by atoms with Crippen LogP contribution in [0.5, 0.6) is 11.5 Å². The highest BCUT2D eigenvalue weighted by atomic mass is 16.6. The predicted octanol–water partition coefficient (Wildman–Crippen LogP) is 3.11. The van der Waals surface area contributed by atoms with E-state index in [0.717, 1.165) is 31.5 Å². The number of amides is 2. The molecule has 3 aliphatic heterocycles. The van der Waals surface area contributed by atoms with Crippen molar-refractivity contribution in [2.45, 2.75) is 25.4 Å². The molecule has 1 atom stereocenters. The maximum absolute atomic E-state index is 12.9. The number of rotatable bonds is 2. The number of benzene rings is 2. The number of carbonyl (C=O) groups excluding carboxylic acids is 2. The average molecular weight is 393 g/mol. The molecule has 7 nitrogen and oxygen atoms in total. The lowest BCUT2D eigenvalue weighted by Gasteiger charge is -2.46. The minimum atomic E-state index is -0.226. The van der Waals surface area contributed by atoms with Crippen molar-refractivity contribution in [2.24, 2.45) is 0 Å². The van der Waals surface area contributed by atoms with Crippen molar-refractivity contribution in [3.63, 3.8) is 0 Å². The van der Waals surface area contributed by atoms with Crippen LogP contribution in [-0.2, 0) is 0 Å². The molecule has 0 aliphatic carbocycles. The largest absolute Gasteiger partial charge is 0.486 e. The van der Waals surface area contributed by atoms with Gasteiger partial charge in [0.1, 0.15) is 19.4 Å². The van der Waals surface area contributed by atoms with Gasteiger partial charge in [-0.1, -0.05) is 0 Å². The molecule has 2 aromatic rings. The number of piperidine rings is 1. The monoisotopic (exact) mass is 393 g/mol. The highest BCUT2D eigenvalue weighted by molar-refractivity contribution is 6.08. The third-order valence-corrected chi connectivity index (χ3v) is 5.85. The van der Waals surface area contributed by atoms with E-state index in [9.17, 15) is 9.59 Å². The van der Waals surface area contributed by atoms with Crippen LogP contribution in [0.3, 0.4) is 0 Å². The summed E-state index contributed by atoms with van der Waals surface area (Å²) in [5.41, 5.74) is 2.62. The molecule has 2 aromatic carbocycles. The average Bonchev–Trinajstić information content (AvgIpc) is 2.77. The fourth-order valence-corrected chi connectivity index (χ4v) is 4.34. The molecule has 0 spiro atoms. The van der Waals surface area contributed by atoms with E-state index >= 15 is 0 Å². The number of carbonyl (C=O) groups is 2. The molecule has 29 heavy (non-hydrogen) atoms. The first kappa shape index (κ1) is 17.8. The topological polar surface area (TPSA) is 71.1 Å². The molecule has 1 N–H and O–H groups in total. The number of nitrogens with one attached hydrogen (secondary N) is 1. The summed E-state index contributed by atoms with van der Waals surface area (Å²) >= 11 is 0. The molecule has 5 rings (SSSR count). The van der Waals surface area contributed by atoms with Gasteiger partial charge in [-0.3, -0.25) is 9.59 Å². The van der Waals surface area contributed by atoms with Crippen LogP contribution in [0.15, 0.2) is 36.4 Å². The molecule has 2 amide bonds. The summed E-state index contributed by atoms with van der Waals surface area (Å²) in [5, 5.41) is 2.91. The minimum Gasteiger partial charge on any atom is -0.486 e. The summed E-state index contributed by atoms with van der Waals surface area (Å²) < 4.78 is 11.1. The van der Waals surface area contributed by atoms with Gasteiger partial charge in [0.2, 0.25) is 0 Å². The Kier molecular flexibility index (Phi) is 4.30. The number of fused-ring (bicyclic) bond motifs is 3. The molecule has 3 heterocycles. The Labute approximate surface area is 169 Å². The quantitative estimate of drug-likeness (QED) is 0.849. The molecule has 0 bridgehead atoms. The zero-order valence-corrected chi connectivity index (χ0v) is 16.3. The second-order valence-electron chi connectivity index (χ2n) is 7.63. The number of hydrogen-bond donors (Lipinski definition) is 1. The lowest BCUT2D eigenvalue weighted by atomic mass is 9.97. The van der Waals surface area contributed by atoms with E-state index in [1.54, 1.807) is 30.3 Å². The van der Waals surface area contributed by atoms with Crippen molar-refractivity contribution in [1.82, 2.24) is 4.90 Å². The van der Waals surface area contributed by atoms with Gasteiger partial charge in [-0.2, -0.15) is 0 Å². The van der Waals surface area contributed by atoms with E-state index in [2.05, 4.69) is 10.2 Å². The Bertz CT molecular complexity index is 990. The van der Waals surface area contributed by atoms with E-state index in [1.807, 2.05) is 18.0 Å². The third kappa shape index (κ3) is 3.06. The Balaban J connectivity index is 1.40. The van der Waals surface area contributed by atoms with E-state index in [-0.39, 0.29) is 18.0 Å². The van der Waals surface area contributed by atoms with E-state index in [0.29, 0.717) is 41.5 Å². The fraction of sp³-hybridized carbons (Fsp3) is 0.364. The van der Waals surface area contributed by atoms with Gasteiger partial charge in [0.05, 0.1) is 11.3 Å². The van der Waals surface area contributed by atoms with Crippen molar-refractivity contribution in [1.29, 1.82) is 0 Å². The summed E-state index contributed by atoms with van der Waals surface area (Å²) in [6.45, 7) is 1.81. The standard InChI is InChI=1S/C22H23N3O4/c1-24-17-12-14(5-7-16(17)22(27)25-9-3-2-4-20(24)25)21(26)23-15-6-8-18-19(13-15)29-11-10-28-18/h5-8,12-13,20H,2-4,9-11H2,1H3,(H,23,26)/t20-/m1/s1. The SMILES string of the molecule is CN1c2cc(C(=O)Nc3ccc4c(c3)OCCO4)ccc2C(=O)N2CCCC[C@@H]21. The Morgan fingerprint density at radius 1 is 1.07 bits per heavy atom. The summed E-state index contributed by atoms with van der Waals surface area (Å²) in [6, 6.07) is 10.6. The zero-order chi connectivity index (χ0) is 20.0. The molecule has 0 aromatic heterocycles. The van der Waals surface area contributed by atoms with Gasteiger partial charge >= 0.3 is 0 Å². The van der Waals surface area contributed by atoms with Crippen LogP contribution in [0.25, 0.3) is 0 Å². The van der Waals surface area contributed by atoms with E-state index < -0.39 is 0 Å². The second kappa shape index (κ2) is 6.99. The zero-order valence-electron chi connectivity index (χ0n) is 16.3. The maximum atomic E-state index is 12.9. The van der Waals surface area contributed by atoms with Gasteiger partial charge in [-0.05, 0) is 49.6 Å². The Morgan fingerprint density at radius 3 is 2.76 bits per heavy atom. The molecule has 1 saturated heterocycles. The van der Waals surface area contributed by atoms with Crippen LogP contribution in [0.1, 0.15) is 40.0 Å².